The Morgan fingerprint density at radius 2 is 1.52 bits per heavy atom. The predicted octanol–water partition coefficient (Wildman–Crippen LogP) is 6.51. The Balaban J connectivity index is 1.77. The van der Waals surface area contributed by atoms with E-state index in [4.69, 9.17) is 0 Å². The number of thioether (sulfide) groups is 1. The van der Waals surface area contributed by atoms with Gasteiger partial charge < -0.3 is 10.6 Å². The maximum absolute atomic E-state index is 13.2. The number of benzene rings is 3. The fraction of sp³-hybridized carbons (Fsp3) is 0.231. The van der Waals surface area contributed by atoms with Crippen LogP contribution >= 0.6 is 11.8 Å². The molecule has 3 aromatic rings. The SMILES string of the molecule is CCCC(=O)Nc1ccc(SC(C(=O)Nc2ccc(C)c(C)c2)c2ccccc2)cc1. The van der Waals surface area contributed by atoms with Crippen LogP contribution in [0.15, 0.2) is 77.7 Å². The van der Waals surface area contributed by atoms with Crippen LogP contribution in [0.3, 0.4) is 0 Å². The largest absolute Gasteiger partial charge is 0.326 e. The highest BCUT2D eigenvalue weighted by atomic mass is 32.2. The van der Waals surface area contributed by atoms with Crippen molar-refractivity contribution in [2.45, 2.75) is 43.8 Å². The predicted molar refractivity (Wildman–Crippen MR) is 130 cm³/mol. The van der Waals surface area contributed by atoms with Crippen LogP contribution in [-0.2, 0) is 9.59 Å². The molecule has 5 heteroatoms. The molecule has 1 unspecified atom stereocenters. The number of nitrogens with one attached hydrogen (secondary N) is 2. The quantitative estimate of drug-likeness (QED) is 0.399. The zero-order valence-electron chi connectivity index (χ0n) is 18.1. The monoisotopic (exact) mass is 432 g/mol. The van der Waals surface area contributed by atoms with Crippen LogP contribution < -0.4 is 10.6 Å². The summed E-state index contributed by atoms with van der Waals surface area (Å²) in [6, 6.07) is 23.3. The minimum Gasteiger partial charge on any atom is -0.326 e. The zero-order chi connectivity index (χ0) is 22.2. The van der Waals surface area contributed by atoms with Crippen molar-refractivity contribution < 1.29 is 9.59 Å². The van der Waals surface area contributed by atoms with Crippen LogP contribution in [0.4, 0.5) is 11.4 Å². The molecule has 2 amide bonds. The Morgan fingerprint density at radius 1 is 0.839 bits per heavy atom. The molecule has 1 atom stereocenters. The third kappa shape index (κ3) is 6.46. The van der Waals surface area contributed by atoms with Crippen molar-refractivity contribution in [1.29, 1.82) is 0 Å². The van der Waals surface area contributed by atoms with E-state index in [1.165, 1.54) is 17.3 Å². The molecule has 0 bridgehead atoms. The summed E-state index contributed by atoms with van der Waals surface area (Å²) in [5.41, 5.74) is 4.83. The number of hydrogen-bond acceptors (Lipinski definition) is 3. The number of carbonyl (C=O) groups excluding carboxylic acids is 2. The molecule has 0 fully saturated rings. The Kier molecular flexibility index (Phi) is 7.90. The zero-order valence-corrected chi connectivity index (χ0v) is 19.0. The summed E-state index contributed by atoms with van der Waals surface area (Å²) in [4.78, 5) is 26.0. The smallest absolute Gasteiger partial charge is 0.242 e. The van der Waals surface area contributed by atoms with Gasteiger partial charge in [-0.25, -0.2) is 0 Å². The Labute approximate surface area is 188 Å². The third-order valence-corrected chi connectivity index (χ3v) is 6.25. The lowest BCUT2D eigenvalue weighted by molar-refractivity contribution is -0.116. The van der Waals surface area contributed by atoms with Gasteiger partial charge in [-0.15, -0.1) is 11.8 Å². The molecule has 31 heavy (non-hydrogen) atoms. The molecule has 0 spiro atoms. The molecule has 0 heterocycles. The molecular formula is C26H28N2O2S. The molecule has 0 aliphatic heterocycles. The summed E-state index contributed by atoms with van der Waals surface area (Å²) in [6.45, 7) is 6.07. The van der Waals surface area contributed by atoms with E-state index < -0.39 is 5.25 Å². The van der Waals surface area contributed by atoms with Crippen LogP contribution in [0.2, 0.25) is 0 Å². The van der Waals surface area contributed by atoms with Gasteiger partial charge in [-0.3, -0.25) is 9.59 Å². The van der Waals surface area contributed by atoms with E-state index in [0.717, 1.165) is 33.8 Å². The molecule has 3 rings (SSSR count). The molecule has 0 aliphatic carbocycles. The Morgan fingerprint density at radius 3 is 2.16 bits per heavy atom. The number of rotatable bonds is 8. The summed E-state index contributed by atoms with van der Waals surface area (Å²) in [7, 11) is 0. The summed E-state index contributed by atoms with van der Waals surface area (Å²) in [6.07, 6.45) is 1.32. The van der Waals surface area contributed by atoms with Crippen molar-refractivity contribution in [1.82, 2.24) is 0 Å². The summed E-state index contributed by atoms with van der Waals surface area (Å²) in [5.74, 6) is -0.0578. The number of aryl methyl sites for hydroxylation is 2. The second kappa shape index (κ2) is 10.8. The highest BCUT2D eigenvalue weighted by molar-refractivity contribution is 8.00. The average molecular weight is 433 g/mol. The first-order valence-electron chi connectivity index (χ1n) is 10.5. The van der Waals surface area contributed by atoms with Crippen LogP contribution in [0.5, 0.6) is 0 Å². The lowest BCUT2D eigenvalue weighted by Crippen LogP contribution is -2.19. The number of anilines is 2. The highest BCUT2D eigenvalue weighted by Crippen LogP contribution is 2.36. The van der Waals surface area contributed by atoms with Crippen molar-refractivity contribution in [2.24, 2.45) is 0 Å². The second-order valence-electron chi connectivity index (χ2n) is 7.52. The number of amides is 2. The molecule has 0 radical (unpaired) electrons. The van der Waals surface area contributed by atoms with Crippen molar-refractivity contribution in [3.63, 3.8) is 0 Å². The third-order valence-electron chi connectivity index (χ3n) is 4.98. The van der Waals surface area contributed by atoms with Gasteiger partial charge in [0.1, 0.15) is 5.25 Å². The molecule has 0 aromatic heterocycles. The van der Waals surface area contributed by atoms with E-state index in [1.54, 1.807) is 0 Å². The number of hydrogen-bond donors (Lipinski definition) is 2. The van der Waals surface area contributed by atoms with Crippen LogP contribution in [0.25, 0.3) is 0 Å². The van der Waals surface area contributed by atoms with Crippen molar-refractivity contribution >= 4 is 35.0 Å². The van der Waals surface area contributed by atoms with Gasteiger partial charge in [0.25, 0.3) is 0 Å². The average Bonchev–Trinajstić information content (AvgIpc) is 2.76. The Bertz CT molecular complexity index is 1030. The molecular weight excluding hydrogens is 404 g/mol. The van der Waals surface area contributed by atoms with E-state index >= 15 is 0 Å². The maximum Gasteiger partial charge on any atom is 0.242 e. The van der Waals surface area contributed by atoms with Crippen molar-refractivity contribution in [3.8, 4) is 0 Å². The normalized spacial score (nSPS) is 11.6. The molecule has 3 aromatic carbocycles. The maximum atomic E-state index is 13.2. The van der Waals surface area contributed by atoms with Crippen LogP contribution in [0.1, 0.15) is 41.7 Å². The van der Waals surface area contributed by atoms with Crippen LogP contribution in [0, 0.1) is 13.8 Å². The molecule has 4 nitrogen and oxygen atoms in total. The standard InChI is InChI=1S/C26H28N2O2S/c1-4-8-24(29)27-21-13-15-23(16-14-21)31-25(20-9-6-5-7-10-20)26(30)28-22-12-11-18(2)19(3)17-22/h5-7,9-17,25H,4,8H2,1-3H3,(H,27,29)(H,28,30). The summed E-state index contributed by atoms with van der Waals surface area (Å²) in [5, 5.41) is 5.56. The lowest BCUT2D eigenvalue weighted by Gasteiger charge is -2.18. The molecule has 0 saturated heterocycles. The van der Waals surface area contributed by atoms with Gasteiger partial charge in [0.15, 0.2) is 0 Å². The van der Waals surface area contributed by atoms with Crippen molar-refractivity contribution in [2.75, 3.05) is 10.6 Å². The number of carbonyl (C=O) groups is 2. The van der Waals surface area contributed by atoms with Crippen LogP contribution in [-0.4, -0.2) is 11.8 Å². The van der Waals surface area contributed by atoms with E-state index in [2.05, 4.69) is 17.6 Å². The van der Waals surface area contributed by atoms with E-state index in [0.29, 0.717) is 6.42 Å². The van der Waals surface area contributed by atoms with Gasteiger partial charge in [-0.05, 0) is 73.4 Å². The molecule has 2 N–H and O–H groups in total. The van der Waals surface area contributed by atoms with Gasteiger partial charge >= 0.3 is 0 Å². The fourth-order valence-corrected chi connectivity index (χ4v) is 4.16. The van der Waals surface area contributed by atoms with Gasteiger partial charge in [-0.1, -0.05) is 43.3 Å². The molecule has 0 aliphatic rings. The van der Waals surface area contributed by atoms with Crippen molar-refractivity contribution in [3.05, 3.63) is 89.5 Å². The first-order chi connectivity index (χ1) is 15.0. The van der Waals surface area contributed by atoms with Gasteiger partial charge in [0.05, 0.1) is 0 Å². The summed E-state index contributed by atoms with van der Waals surface area (Å²) < 4.78 is 0. The van der Waals surface area contributed by atoms with E-state index in [9.17, 15) is 9.59 Å². The second-order valence-corrected chi connectivity index (χ2v) is 8.70. The van der Waals surface area contributed by atoms with Gasteiger partial charge in [-0.2, -0.15) is 0 Å². The highest BCUT2D eigenvalue weighted by Gasteiger charge is 2.22. The molecule has 160 valence electrons. The van der Waals surface area contributed by atoms with E-state index in [-0.39, 0.29) is 11.8 Å². The van der Waals surface area contributed by atoms with E-state index in [1.807, 2.05) is 86.6 Å². The fourth-order valence-electron chi connectivity index (χ4n) is 3.13. The molecule has 0 saturated carbocycles. The minimum absolute atomic E-state index is 0.0119. The summed E-state index contributed by atoms with van der Waals surface area (Å²) >= 11 is 1.49. The lowest BCUT2D eigenvalue weighted by atomic mass is 10.1. The minimum atomic E-state index is -0.400. The Hall–Kier alpha value is -3.05. The topological polar surface area (TPSA) is 58.2 Å². The van der Waals surface area contributed by atoms with Gasteiger partial charge in [0.2, 0.25) is 11.8 Å². The van der Waals surface area contributed by atoms with Gasteiger partial charge in [0, 0.05) is 22.7 Å². The first-order valence-corrected chi connectivity index (χ1v) is 11.3. The first kappa shape index (κ1) is 22.6.